The van der Waals surface area contributed by atoms with Crippen LogP contribution in [0.1, 0.15) is 0 Å². The minimum absolute atomic E-state index is 0.462. The quantitative estimate of drug-likeness (QED) is 0.810. The van der Waals surface area contributed by atoms with Crippen molar-refractivity contribution in [3.05, 3.63) is 47.3 Å². The van der Waals surface area contributed by atoms with Crippen molar-refractivity contribution in [2.45, 2.75) is 0 Å². The first kappa shape index (κ1) is 12.7. The smallest absolute Gasteiger partial charge is 0.227 e. The standard InChI is InChI=1S/C11H9ClN3O2S/c1-18(16,17)6-5-15-8-13-11(14-15)9-3-2-4-10(12)7-9/h2-8H,1H2/q+1/b6-5-. The van der Waals surface area contributed by atoms with E-state index in [-0.39, 0.29) is 0 Å². The second-order valence-electron chi connectivity index (χ2n) is 3.51. The Kier molecular flexibility index (Phi) is 3.40. The number of sulfone groups is 1. The summed E-state index contributed by atoms with van der Waals surface area (Å²) in [7, 11) is -3.42. The molecule has 2 aromatic rings. The Morgan fingerprint density at radius 2 is 2.17 bits per heavy atom. The minimum atomic E-state index is -3.42. The lowest BCUT2D eigenvalue weighted by Gasteiger charge is -1.94. The number of halogens is 1. The zero-order valence-electron chi connectivity index (χ0n) is 9.19. The third-order valence-corrected chi connectivity index (χ3v) is 2.78. The van der Waals surface area contributed by atoms with Gasteiger partial charge in [0.1, 0.15) is 6.33 Å². The van der Waals surface area contributed by atoms with Gasteiger partial charge in [-0.25, -0.2) is 9.67 Å². The maximum absolute atomic E-state index is 10.8. The molecule has 0 aliphatic rings. The van der Waals surface area contributed by atoms with Crippen LogP contribution in [0.4, 0.5) is 0 Å². The van der Waals surface area contributed by atoms with E-state index in [1.165, 1.54) is 17.2 Å². The molecule has 5 nitrogen and oxygen atoms in total. The van der Waals surface area contributed by atoms with E-state index in [1.54, 1.807) is 18.2 Å². The van der Waals surface area contributed by atoms with Crippen LogP contribution >= 0.6 is 11.6 Å². The van der Waals surface area contributed by atoms with Gasteiger partial charge in [-0.3, -0.25) is 0 Å². The van der Waals surface area contributed by atoms with Crippen molar-refractivity contribution in [1.82, 2.24) is 14.8 Å². The van der Waals surface area contributed by atoms with Crippen LogP contribution in [0, 0.1) is 6.26 Å². The van der Waals surface area contributed by atoms with Gasteiger partial charge in [-0.05, 0) is 12.1 Å². The molecule has 0 saturated heterocycles. The number of rotatable bonds is 3. The first-order valence-corrected chi connectivity index (χ1v) is 6.97. The molecule has 0 atom stereocenters. The molecular formula is C11H9ClN3O2S+. The number of nitrogens with zero attached hydrogens (tertiary/aromatic N) is 3. The van der Waals surface area contributed by atoms with Crippen LogP contribution in [0.3, 0.4) is 0 Å². The van der Waals surface area contributed by atoms with Crippen molar-refractivity contribution in [3.8, 4) is 11.4 Å². The SMILES string of the molecule is [CH2+]S(=O)(=O)/C=C\n1cnc(-c2cccc(Cl)c2)n1. The van der Waals surface area contributed by atoms with Crippen LogP contribution in [-0.2, 0) is 9.84 Å². The van der Waals surface area contributed by atoms with Crippen LogP contribution in [0.25, 0.3) is 17.6 Å². The number of hydrogen-bond acceptors (Lipinski definition) is 4. The van der Waals surface area contributed by atoms with Gasteiger partial charge in [0.25, 0.3) is 0 Å². The lowest BCUT2D eigenvalue weighted by Crippen LogP contribution is -1.91. The summed E-state index contributed by atoms with van der Waals surface area (Å²) in [4.78, 5) is 4.05. The summed E-state index contributed by atoms with van der Waals surface area (Å²) in [5.74, 6) is 0.462. The summed E-state index contributed by atoms with van der Waals surface area (Å²) < 4.78 is 23.0. The van der Waals surface area contributed by atoms with Gasteiger partial charge in [-0.1, -0.05) is 23.7 Å². The van der Waals surface area contributed by atoms with Gasteiger partial charge in [0.15, 0.2) is 12.1 Å². The summed E-state index contributed by atoms with van der Waals surface area (Å²) in [6.45, 7) is 0. The number of hydrogen-bond donors (Lipinski definition) is 0. The molecule has 2 rings (SSSR count). The molecule has 0 N–H and O–H groups in total. The topological polar surface area (TPSA) is 64.8 Å². The monoisotopic (exact) mass is 282 g/mol. The van der Waals surface area contributed by atoms with Crippen LogP contribution in [-0.4, -0.2) is 23.2 Å². The van der Waals surface area contributed by atoms with Gasteiger partial charge in [-0.15, -0.1) is 5.10 Å². The van der Waals surface area contributed by atoms with E-state index in [2.05, 4.69) is 16.3 Å². The number of benzene rings is 1. The highest BCUT2D eigenvalue weighted by atomic mass is 35.5. The molecule has 1 aromatic heterocycles. The molecule has 1 heterocycles. The van der Waals surface area contributed by atoms with Gasteiger partial charge in [-0.2, -0.15) is 8.42 Å². The third kappa shape index (κ3) is 3.35. The fourth-order valence-electron chi connectivity index (χ4n) is 1.26. The van der Waals surface area contributed by atoms with Gasteiger partial charge in [0, 0.05) is 16.8 Å². The van der Waals surface area contributed by atoms with Crippen LogP contribution < -0.4 is 0 Å². The largest absolute Gasteiger partial charge is 0.314 e. The zero-order valence-corrected chi connectivity index (χ0v) is 10.8. The minimum Gasteiger partial charge on any atom is -0.227 e. The van der Waals surface area contributed by atoms with E-state index in [9.17, 15) is 8.42 Å². The Hall–Kier alpha value is -1.79. The van der Waals surface area contributed by atoms with E-state index in [0.717, 1.165) is 11.0 Å². The number of aromatic nitrogens is 3. The van der Waals surface area contributed by atoms with Gasteiger partial charge in [0.2, 0.25) is 0 Å². The highest BCUT2D eigenvalue weighted by Crippen LogP contribution is 2.18. The predicted octanol–water partition coefficient (Wildman–Crippen LogP) is 2.23. The lowest BCUT2D eigenvalue weighted by atomic mass is 10.2. The molecular weight excluding hydrogens is 274 g/mol. The fourth-order valence-corrected chi connectivity index (χ4v) is 1.76. The van der Waals surface area contributed by atoms with Crippen molar-refractivity contribution < 1.29 is 8.42 Å². The van der Waals surface area contributed by atoms with Crippen LogP contribution in [0.15, 0.2) is 36.0 Å². The van der Waals surface area contributed by atoms with Crippen molar-refractivity contribution in [1.29, 1.82) is 0 Å². The first-order valence-electron chi connectivity index (χ1n) is 4.87. The van der Waals surface area contributed by atoms with Gasteiger partial charge >= 0.3 is 9.84 Å². The molecule has 0 saturated carbocycles. The molecule has 0 amide bonds. The van der Waals surface area contributed by atoms with Crippen molar-refractivity contribution in [3.63, 3.8) is 0 Å². The second-order valence-corrected chi connectivity index (χ2v) is 5.54. The summed E-state index contributed by atoms with van der Waals surface area (Å²) in [5, 5.41) is 5.62. The second kappa shape index (κ2) is 4.83. The average molecular weight is 283 g/mol. The van der Waals surface area contributed by atoms with E-state index >= 15 is 0 Å². The fraction of sp³-hybridized carbons (Fsp3) is 0. The Labute approximate surface area is 110 Å². The predicted molar refractivity (Wildman–Crippen MR) is 70.1 cm³/mol. The van der Waals surface area contributed by atoms with Crippen LogP contribution in [0.5, 0.6) is 0 Å². The highest BCUT2D eigenvalue weighted by Gasteiger charge is 2.05. The van der Waals surface area contributed by atoms with Crippen molar-refractivity contribution >= 4 is 27.6 Å². The summed E-state index contributed by atoms with van der Waals surface area (Å²) in [6.07, 6.45) is 5.64. The molecule has 0 spiro atoms. The lowest BCUT2D eigenvalue weighted by molar-refractivity contribution is 0.612. The molecule has 0 aliphatic heterocycles. The Morgan fingerprint density at radius 3 is 2.83 bits per heavy atom. The highest BCUT2D eigenvalue weighted by molar-refractivity contribution is 7.95. The van der Waals surface area contributed by atoms with Crippen LogP contribution in [0.2, 0.25) is 5.02 Å². The first-order chi connectivity index (χ1) is 8.44. The molecule has 0 bridgehead atoms. The Bertz CT molecular complexity index is 692. The van der Waals surface area contributed by atoms with E-state index < -0.39 is 9.84 Å². The Morgan fingerprint density at radius 1 is 1.39 bits per heavy atom. The molecule has 0 fully saturated rings. The molecule has 0 radical (unpaired) electrons. The molecule has 18 heavy (non-hydrogen) atoms. The molecule has 1 aromatic carbocycles. The molecule has 0 aliphatic carbocycles. The Balaban J connectivity index is 2.29. The van der Waals surface area contributed by atoms with E-state index in [0.29, 0.717) is 10.8 Å². The molecule has 92 valence electrons. The van der Waals surface area contributed by atoms with Crippen molar-refractivity contribution in [2.75, 3.05) is 0 Å². The average Bonchev–Trinajstić information content (AvgIpc) is 2.74. The maximum Gasteiger partial charge on any atom is 0.314 e. The van der Waals surface area contributed by atoms with E-state index in [1.807, 2.05) is 6.07 Å². The summed E-state index contributed by atoms with van der Waals surface area (Å²) >= 11 is 5.86. The normalized spacial score (nSPS) is 12.1. The third-order valence-electron chi connectivity index (χ3n) is 2.01. The van der Waals surface area contributed by atoms with Crippen molar-refractivity contribution in [2.24, 2.45) is 0 Å². The van der Waals surface area contributed by atoms with Gasteiger partial charge in [0.05, 0.1) is 5.41 Å². The molecule has 7 heteroatoms. The van der Waals surface area contributed by atoms with Gasteiger partial charge < -0.3 is 0 Å². The van der Waals surface area contributed by atoms with E-state index in [4.69, 9.17) is 11.6 Å². The summed E-state index contributed by atoms with van der Waals surface area (Å²) in [6, 6.07) is 7.07. The summed E-state index contributed by atoms with van der Waals surface area (Å²) in [5.41, 5.74) is 0.757. The molecule has 0 unspecified atom stereocenters. The maximum atomic E-state index is 10.8. The zero-order chi connectivity index (χ0) is 13.2.